The molecule has 0 fully saturated rings. The zero-order valence-electron chi connectivity index (χ0n) is 10.4. The summed E-state index contributed by atoms with van der Waals surface area (Å²) in [5.41, 5.74) is 0.469. The summed E-state index contributed by atoms with van der Waals surface area (Å²) in [6.45, 7) is 1.73. The molecule has 0 saturated carbocycles. The van der Waals surface area contributed by atoms with Crippen molar-refractivity contribution in [2.75, 3.05) is 25.4 Å². The Hall–Kier alpha value is -1.13. The SMILES string of the molecule is COc1cc(Cl)c(NC(=O)C(C)CCl)cc1OC. The van der Waals surface area contributed by atoms with Crippen molar-refractivity contribution < 1.29 is 14.3 Å². The average Bonchev–Trinajstić information content (AvgIpc) is 2.39. The minimum absolute atomic E-state index is 0.195. The van der Waals surface area contributed by atoms with Crippen LogP contribution in [0, 0.1) is 5.92 Å². The first-order valence-corrected chi connectivity index (χ1v) is 6.23. The molecule has 6 heteroatoms. The predicted octanol–water partition coefficient (Wildman–Crippen LogP) is 3.17. The van der Waals surface area contributed by atoms with E-state index in [1.807, 2.05) is 0 Å². The van der Waals surface area contributed by atoms with Gasteiger partial charge < -0.3 is 14.8 Å². The van der Waals surface area contributed by atoms with Crippen LogP contribution in [0.25, 0.3) is 0 Å². The van der Waals surface area contributed by atoms with Crippen molar-refractivity contribution in [1.82, 2.24) is 0 Å². The van der Waals surface area contributed by atoms with E-state index in [9.17, 15) is 4.79 Å². The van der Waals surface area contributed by atoms with E-state index in [2.05, 4.69) is 5.32 Å². The van der Waals surface area contributed by atoms with Crippen LogP contribution >= 0.6 is 23.2 Å². The Morgan fingerprint density at radius 1 is 1.33 bits per heavy atom. The highest BCUT2D eigenvalue weighted by atomic mass is 35.5. The van der Waals surface area contributed by atoms with Crippen molar-refractivity contribution in [3.63, 3.8) is 0 Å². The van der Waals surface area contributed by atoms with Gasteiger partial charge in [-0.25, -0.2) is 0 Å². The molecule has 0 aliphatic rings. The lowest BCUT2D eigenvalue weighted by atomic mass is 10.2. The summed E-state index contributed by atoms with van der Waals surface area (Å²) in [6, 6.07) is 3.20. The van der Waals surface area contributed by atoms with E-state index in [4.69, 9.17) is 32.7 Å². The molecule has 0 aliphatic heterocycles. The predicted molar refractivity (Wildman–Crippen MR) is 73.1 cm³/mol. The van der Waals surface area contributed by atoms with E-state index in [1.54, 1.807) is 19.1 Å². The standard InChI is InChI=1S/C12H15Cl2NO3/c1-7(6-13)12(16)15-9-5-11(18-3)10(17-2)4-8(9)14/h4-5,7H,6H2,1-3H3,(H,15,16). The highest BCUT2D eigenvalue weighted by Crippen LogP contribution is 2.36. The molecule has 0 aromatic heterocycles. The fourth-order valence-corrected chi connectivity index (χ4v) is 1.62. The van der Waals surface area contributed by atoms with Gasteiger partial charge in [0.25, 0.3) is 0 Å². The number of carbonyl (C=O) groups excluding carboxylic acids is 1. The van der Waals surface area contributed by atoms with Crippen molar-refractivity contribution >= 4 is 34.8 Å². The van der Waals surface area contributed by atoms with Gasteiger partial charge in [0.05, 0.1) is 24.9 Å². The summed E-state index contributed by atoms with van der Waals surface area (Å²) in [4.78, 5) is 11.7. The third kappa shape index (κ3) is 3.43. The number of nitrogens with one attached hydrogen (secondary N) is 1. The number of hydrogen-bond acceptors (Lipinski definition) is 3. The number of benzene rings is 1. The molecule has 0 spiro atoms. The summed E-state index contributed by atoms with van der Waals surface area (Å²) in [7, 11) is 3.03. The number of rotatable bonds is 5. The largest absolute Gasteiger partial charge is 0.493 e. The molecule has 0 heterocycles. The monoisotopic (exact) mass is 291 g/mol. The van der Waals surface area contributed by atoms with Gasteiger partial charge in [-0.1, -0.05) is 18.5 Å². The van der Waals surface area contributed by atoms with E-state index >= 15 is 0 Å². The quantitative estimate of drug-likeness (QED) is 0.848. The second-order valence-corrected chi connectivity index (χ2v) is 4.45. The topological polar surface area (TPSA) is 47.6 Å². The average molecular weight is 292 g/mol. The molecule has 18 heavy (non-hydrogen) atoms. The van der Waals surface area contributed by atoms with Crippen LogP contribution < -0.4 is 14.8 Å². The normalized spacial score (nSPS) is 11.8. The summed E-state index contributed by atoms with van der Waals surface area (Å²) >= 11 is 11.7. The molecule has 4 nitrogen and oxygen atoms in total. The van der Waals surface area contributed by atoms with Crippen molar-refractivity contribution in [3.8, 4) is 11.5 Å². The molecule has 1 atom stereocenters. The smallest absolute Gasteiger partial charge is 0.228 e. The van der Waals surface area contributed by atoms with Crippen LogP contribution in [0.1, 0.15) is 6.92 Å². The van der Waals surface area contributed by atoms with Crippen LogP contribution in [0.4, 0.5) is 5.69 Å². The fourth-order valence-electron chi connectivity index (χ4n) is 1.28. The third-order valence-corrected chi connectivity index (χ3v) is 3.19. The van der Waals surface area contributed by atoms with E-state index in [0.29, 0.717) is 22.2 Å². The van der Waals surface area contributed by atoms with E-state index in [0.717, 1.165) is 0 Å². The van der Waals surface area contributed by atoms with Gasteiger partial charge in [0.1, 0.15) is 0 Å². The third-order valence-electron chi connectivity index (χ3n) is 2.41. The van der Waals surface area contributed by atoms with Crippen LogP contribution in [0.3, 0.4) is 0 Å². The number of amides is 1. The Morgan fingerprint density at radius 2 is 1.89 bits per heavy atom. The van der Waals surface area contributed by atoms with Gasteiger partial charge in [0.2, 0.25) is 5.91 Å². The summed E-state index contributed by atoms with van der Waals surface area (Å²) in [5.74, 6) is 0.757. The molecule has 1 rings (SSSR count). The second kappa shape index (κ2) is 6.71. The lowest BCUT2D eigenvalue weighted by Gasteiger charge is -2.14. The Balaban J connectivity index is 2.99. The molecular formula is C12H15Cl2NO3. The van der Waals surface area contributed by atoms with Gasteiger partial charge in [0, 0.05) is 23.9 Å². The fraction of sp³-hybridized carbons (Fsp3) is 0.417. The van der Waals surface area contributed by atoms with Gasteiger partial charge in [-0.2, -0.15) is 0 Å². The lowest BCUT2D eigenvalue weighted by molar-refractivity contribution is -0.118. The van der Waals surface area contributed by atoms with E-state index < -0.39 is 0 Å². The minimum atomic E-state index is -0.296. The summed E-state index contributed by atoms with van der Waals surface area (Å²) < 4.78 is 10.2. The molecule has 1 N–H and O–H groups in total. The van der Waals surface area contributed by atoms with Crippen LogP contribution in [0.2, 0.25) is 5.02 Å². The molecular weight excluding hydrogens is 277 g/mol. The van der Waals surface area contributed by atoms with Gasteiger partial charge >= 0.3 is 0 Å². The van der Waals surface area contributed by atoms with Gasteiger partial charge in [-0.3, -0.25) is 4.79 Å². The number of alkyl halides is 1. The molecule has 0 aliphatic carbocycles. The summed E-state index contributed by atoms with van der Waals surface area (Å²) in [6.07, 6.45) is 0. The van der Waals surface area contributed by atoms with Crippen LogP contribution in [-0.2, 0) is 4.79 Å². The zero-order valence-corrected chi connectivity index (χ0v) is 11.9. The van der Waals surface area contributed by atoms with Crippen molar-refractivity contribution in [3.05, 3.63) is 17.2 Å². The van der Waals surface area contributed by atoms with E-state index in [-0.39, 0.29) is 17.7 Å². The molecule has 1 unspecified atom stereocenters. The molecule has 0 bridgehead atoms. The molecule has 0 saturated heterocycles. The van der Waals surface area contributed by atoms with Crippen LogP contribution in [0.15, 0.2) is 12.1 Å². The van der Waals surface area contributed by atoms with Crippen LogP contribution in [0.5, 0.6) is 11.5 Å². The highest BCUT2D eigenvalue weighted by molar-refractivity contribution is 6.34. The number of ether oxygens (including phenoxy) is 2. The molecule has 0 radical (unpaired) electrons. The number of carbonyl (C=O) groups is 1. The highest BCUT2D eigenvalue weighted by Gasteiger charge is 2.15. The first-order valence-electron chi connectivity index (χ1n) is 5.31. The number of anilines is 1. The second-order valence-electron chi connectivity index (χ2n) is 3.73. The molecule has 100 valence electrons. The maximum atomic E-state index is 11.7. The zero-order chi connectivity index (χ0) is 13.7. The van der Waals surface area contributed by atoms with Gasteiger partial charge in [-0.05, 0) is 0 Å². The molecule has 1 amide bonds. The van der Waals surface area contributed by atoms with E-state index in [1.165, 1.54) is 14.2 Å². The summed E-state index contributed by atoms with van der Waals surface area (Å²) in [5, 5.41) is 3.07. The van der Waals surface area contributed by atoms with Crippen LogP contribution in [-0.4, -0.2) is 26.0 Å². The first kappa shape index (κ1) is 14.9. The molecule has 1 aromatic carbocycles. The Labute approximate surface area is 116 Å². The van der Waals surface area contributed by atoms with Gasteiger partial charge in [-0.15, -0.1) is 11.6 Å². The molecule has 1 aromatic rings. The Bertz CT molecular complexity index is 438. The number of halogens is 2. The van der Waals surface area contributed by atoms with Gasteiger partial charge in [0.15, 0.2) is 11.5 Å². The number of methoxy groups -OCH3 is 2. The number of hydrogen-bond donors (Lipinski definition) is 1. The Morgan fingerprint density at radius 3 is 2.39 bits per heavy atom. The van der Waals surface area contributed by atoms with Crippen molar-refractivity contribution in [2.45, 2.75) is 6.92 Å². The minimum Gasteiger partial charge on any atom is -0.493 e. The van der Waals surface area contributed by atoms with Crippen molar-refractivity contribution in [1.29, 1.82) is 0 Å². The Kier molecular flexibility index (Phi) is 5.56. The maximum Gasteiger partial charge on any atom is 0.228 e. The first-order chi connectivity index (χ1) is 8.53. The maximum absolute atomic E-state index is 11.7. The lowest BCUT2D eigenvalue weighted by Crippen LogP contribution is -2.21. The van der Waals surface area contributed by atoms with Crippen molar-refractivity contribution in [2.24, 2.45) is 5.92 Å².